The summed E-state index contributed by atoms with van der Waals surface area (Å²) in [5.41, 5.74) is 38.1. The third-order valence-electron chi connectivity index (χ3n) is 30.0. The van der Waals surface area contributed by atoms with E-state index in [2.05, 4.69) is 475 Å². The zero-order valence-corrected chi connectivity index (χ0v) is 79.9. The van der Waals surface area contributed by atoms with Crippen molar-refractivity contribution in [3.8, 4) is 66.8 Å². The molecule has 656 valence electrons. The van der Waals surface area contributed by atoms with Crippen molar-refractivity contribution >= 4 is 191 Å². The number of nitrogens with one attached hydrogen (secondary N) is 1. The maximum atomic E-state index is 6.85. The van der Waals surface area contributed by atoms with E-state index in [0.29, 0.717) is 5.41 Å². The number of nitrogens with zero attached hydrogens (tertiary/aromatic N) is 2. The van der Waals surface area contributed by atoms with Gasteiger partial charge in [-0.25, -0.2) is 0 Å². The summed E-state index contributed by atoms with van der Waals surface area (Å²) in [6.07, 6.45) is 7.25. The fraction of sp³-hybridized carbons (Fsp3) is 0.0698. The van der Waals surface area contributed by atoms with E-state index >= 15 is 0 Å². The molecule has 3 aromatic heterocycles. The van der Waals surface area contributed by atoms with Crippen molar-refractivity contribution in [2.45, 2.75) is 54.8 Å². The largest absolute Gasteiger partial charge is 0.454 e. The first-order valence-electron chi connectivity index (χ1n) is 47.7. The second-order valence-electron chi connectivity index (χ2n) is 37.5. The van der Waals surface area contributed by atoms with Crippen molar-refractivity contribution in [2.24, 2.45) is 0 Å². The van der Waals surface area contributed by atoms with Crippen molar-refractivity contribution in [3.63, 3.8) is 0 Å². The maximum absolute atomic E-state index is 6.85. The lowest BCUT2D eigenvalue weighted by molar-refractivity contribution is 0.668. The molecule has 6 nitrogen and oxygen atoms in total. The maximum Gasteiger partial charge on any atom is 0.159 e. The van der Waals surface area contributed by atoms with Crippen LogP contribution < -0.4 is 15.1 Å². The van der Waals surface area contributed by atoms with Gasteiger partial charge in [0.15, 0.2) is 16.7 Å². The highest BCUT2D eigenvalue weighted by atomic mass is 79.9. The SMILES string of the molecule is Brc1ccc2c(c1)C1(CC1)c1ccc(Br)c3cccc-2c13.Brc1ccc2c3c(cccc13)-c1ccccc1C21CC1.c1ccc(-c2ccccc2N(c2ccc3c(c2)C2(CC2)c2ccc(N(c4ccccc4-c4ccccc4)c4cccc5c4oc4ccccc45)c4cccc-3c24)c2cccc3c2oc2ccccc23)cc1.c1ccc(-c2ccccc2Nc2cccc3c2oc2ccccc23)cc1. The van der Waals surface area contributed by atoms with Crippen LogP contribution in [0.1, 0.15) is 71.9 Å². The molecular weight excluding hydrogens is 1880 g/mol. The highest BCUT2D eigenvalue weighted by molar-refractivity contribution is 9.11. The Hall–Kier alpha value is -15.4. The molecule has 3 fully saturated rings. The quantitative estimate of drug-likeness (QED) is 0.139. The molecular formula is C129H86Br3N3O3. The van der Waals surface area contributed by atoms with Crippen LogP contribution in [-0.4, -0.2) is 0 Å². The summed E-state index contributed by atoms with van der Waals surface area (Å²) in [5, 5.41) is 18.4. The van der Waals surface area contributed by atoms with Crippen LogP contribution in [0.5, 0.6) is 0 Å². The Balaban J connectivity index is 0.000000114. The van der Waals surface area contributed by atoms with Crippen LogP contribution in [0.15, 0.2) is 470 Å². The smallest absolute Gasteiger partial charge is 0.159 e. The average molecular weight is 1970 g/mol. The van der Waals surface area contributed by atoms with Gasteiger partial charge >= 0.3 is 0 Å². The van der Waals surface area contributed by atoms with Gasteiger partial charge in [-0.3, -0.25) is 0 Å². The van der Waals surface area contributed by atoms with E-state index in [1.165, 1.54) is 149 Å². The van der Waals surface area contributed by atoms with E-state index in [-0.39, 0.29) is 10.8 Å². The van der Waals surface area contributed by atoms with Crippen LogP contribution in [0, 0.1) is 0 Å². The summed E-state index contributed by atoms with van der Waals surface area (Å²) in [4.78, 5) is 4.89. The van der Waals surface area contributed by atoms with Gasteiger partial charge in [-0.1, -0.05) is 394 Å². The lowest BCUT2D eigenvalue weighted by atomic mass is 9.74. The van der Waals surface area contributed by atoms with Crippen molar-refractivity contribution in [2.75, 3.05) is 15.1 Å². The van der Waals surface area contributed by atoms with Crippen LogP contribution >= 0.6 is 47.8 Å². The Bertz CT molecular complexity index is 9100. The summed E-state index contributed by atoms with van der Waals surface area (Å²) in [6.45, 7) is 0. The highest BCUT2D eigenvalue weighted by Gasteiger charge is 2.53. The van der Waals surface area contributed by atoms with E-state index < -0.39 is 0 Å². The molecule has 0 amide bonds. The minimum absolute atomic E-state index is 0.141. The molecule has 3 spiro atoms. The van der Waals surface area contributed by atoms with Crippen LogP contribution in [-0.2, 0) is 16.2 Å². The zero-order valence-electron chi connectivity index (χ0n) is 75.1. The van der Waals surface area contributed by atoms with E-state index in [1.807, 2.05) is 30.3 Å². The van der Waals surface area contributed by atoms with E-state index in [1.54, 1.807) is 0 Å². The number of hydrogen-bond donors (Lipinski definition) is 1. The highest BCUT2D eigenvalue weighted by Crippen LogP contribution is 2.67. The molecule has 0 saturated heterocycles. The molecule has 3 saturated carbocycles. The molecule has 0 aliphatic heterocycles. The molecule has 21 aromatic carbocycles. The van der Waals surface area contributed by atoms with Gasteiger partial charge in [0.05, 0.1) is 34.1 Å². The number of benzene rings is 21. The van der Waals surface area contributed by atoms with Gasteiger partial charge in [-0.05, 0) is 246 Å². The molecule has 9 heteroatoms. The van der Waals surface area contributed by atoms with Crippen molar-refractivity contribution < 1.29 is 13.3 Å². The minimum atomic E-state index is -0.141. The van der Waals surface area contributed by atoms with Gasteiger partial charge < -0.3 is 28.4 Å². The first kappa shape index (κ1) is 82.1. The van der Waals surface area contributed by atoms with Crippen molar-refractivity contribution in [1.82, 2.24) is 0 Å². The molecule has 0 atom stereocenters. The lowest BCUT2D eigenvalue weighted by Crippen LogP contribution is -2.19. The van der Waals surface area contributed by atoms with Crippen LogP contribution in [0.3, 0.4) is 0 Å². The van der Waals surface area contributed by atoms with Crippen molar-refractivity contribution in [3.05, 3.63) is 490 Å². The standard InChI is InChI=1S/C67H44N2O2.C24H17NO.C19H12Br2.C19H13Br/c1-3-18-43(19-4-1)46-22-7-11-30-57(46)68(60-32-16-27-52-49-24-9-13-34-62(49)70-65(52)60)45-36-37-48-51-26-15-29-54-59(39-38-55(64(51)54)67(40-41-67)56(48)42-45)69(58-31-12-8-23-47(58)44-20-5-2-6-21-44)61-33-17-28-53-50-25-10-14-35-63(50)71-66(53)61;1-2-9-17(10-3-1)18-11-4-6-14-21(18)25-22-15-8-13-20-19-12-5-7-16-23(19)26-24(20)22;20-11-4-5-12-13-2-1-3-14-17(21)7-6-15(18(13)14)19(8-9-19)16(12)10-11;20-17-9-8-16-18-13(5-3-6-14(17)18)12-4-1-2-7-15(12)19(16)10-11-19/h1-39,42H,40-41H2;1-16,25H;1-7,10H,8-9H2;1-9H,10-11H2. The number of fused-ring (bicyclic) bond motifs is 21. The third-order valence-corrected chi connectivity index (χ3v) is 31.9. The Morgan fingerprint density at radius 1 is 0.210 bits per heavy atom. The Labute approximate surface area is 824 Å². The van der Waals surface area contributed by atoms with Gasteiger partial charge in [-0.15, -0.1) is 0 Å². The first-order valence-corrected chi connectivity index (χ1v) is 50.1. The first-order chi connectivity index (χ1) is 68.1. The summed E-state index contributed by atoms with van der Waals surface area (Å²) in [6, 6.07) is 159. The Morgan fingerprint density at radius 2 is 0.558 bits per heavy atom. The molecule has 0 radical (unpaired) electrons. The molecule has 24 aromatic rings. The number of halogens is 3. The minimum Gasteiger partial charge on any atom is -0.454 e. The number of hydrogen-bond acceptors (Lipinski definition) is 6. The molecule has 1 N–H and O–H groups in total. The number of rotatable bonds is 11. The summed E-state index contributed by atoms with van der Waals surface area (Å²) < 4.78 is 23.4. The zero-order chi connectivity index (χ0) is 91.5. The molecule has 138 heavy (non-hydrogen) atoms. The predicted molar refractivity (Wildman–Crippen MR) is 585 cm³/mol. The normalized spacial score (nSPS) is 14.1. The van der Waals surface area contributed by atoms with E-state index in [0.717, 1.165) is 146 Å². The molecule has 0 unspecified atom stereocenters. The van der Waals surface area contributed by atoms with Gasteiger partial charge in [0.2, 0.25) is 0 Å². The van der Waals surface area contributed by atoms with Crippen molar-refractivity contribution in [1.29, 1.82) is 0 Å². The van der Waals surface area contributed by atoms with Gasteiger partial charge in [0.1, 0.15) is 16.7 Å². The van der Waals surface area contributed by atoms with Crippen LogP contribution in [0.4, 0.5) is 45.5 Å². The monoisotopic (exact) mass is 1960 g/mol. The molecule has 6 aliphatic rings. The van der Waals surface area contributed by atoms with Crippen LogP contribution in [0.25, 0.3) is 165 Å². The molecule has 30 rings (SSSR count). The topological polar surface area (TPSA) is 57.9 Å². The second-order valence-corrected chi connectivity index (χ2v) is 40.1. The van der Waals surface area contributed by atoms with Gasteiger partial charge in [0, 0.05) is 95.4 Å². The fourth-order valence-electron chi connectivity index (χ4n) is 23.3. The molecule has 0 bridgehead atoms. The second kappa shape index (κ2) is 32.7. The lowest BCUT2D eigenvalue weighted by Gasteiger charge is -2.34. The summed E-state index contributed by atoms with van der Waals surface area (Å²) >= 11 is 11.1. The molecule has 6 aliphatic carbocycles. The average Bonchev–Trinajstić information content (AvgIpc) is 1.50. The molecule has 3 heterocycles. The number of anilines is 8. The summed E-state index contributed by atoms with van der Waals surface area (Å²) in [7, 11) is 0. The van der Waals surface area contributed by atoms with Gasteiger partial charge in [0.25, 0.3) is 0 Å². The van der Waals surface area contributed by atoms with E-state index in [9.17, 15) is 0 Å². The number of para-hydroxylation sites is 9. The summed E-state index contributed by atoms with van der Waals surface area (Å²) in [5.74, 6) is 0. The fourth-order valence-corrected chi connectivity index (χ4v) is 24.6. The number of furan rings is 3. The van der Waals surface area contributed by atoms with Crippen LogP contribution in [0.2, 0.25) is 0 Å². The predicted octanol–water partition coefficient (Wildman–Crippen LogP) is 38.1. The Morgan fingerprint density at radius 3 is 1.09 bits per heavy atom. The third kappa shape index (κ3) is 13.2. The van der Waals surface area contributed by atoms with Gasteiger partial charge in [-0.2, -0.15) is 0 Å². The Kier molecular flexibility index (Phi) is 19.5. The van der Waals surface area contributed by atoms with E-state index in [4.69, 9.17) is 13.3 Å².